The summed E-state index contributed by atoms with van der Waals surface area (Å²) in [6, 6.07) is 1.79. The van der Waals surface area contributed by atoms with E-state index in [1.165, 1.54) is 4.88 Å². The third-order valence-electron chi connectivity index (χ3n) is 5.31. The molecule has 0 spiro atoms. The van der Waals surface area contributed by atoms with Crippen LogP contribution in [0.25, 0.3) is 0 Å². The number of anilines is 1. The zero-order chi connectivity index (χ0) is 17.4. The Morgan fingerprint density at radius 2 is 1.92 bits per heavy atom. The summed E-state index contributed by atoms with van der Waals surface area (Å²) in [5, 5.41) is 5.72. The number of rotatable bonds is 4. The third-order valence-corrected chi connectivity index (χ3v) is 6.45. The summed E-state index contributed by atoms with van der Waals surface area (Å²) in [5.74, 6) is 0. The van der Waals surface area contributed by atoms with Crippen molar-refractivity contribution in [2.75, 3.05) is 37.6 Å². The number of nitrogens with zero attached hydrogens (tertiary/aromatic N) is 5. The fourth-order valence-electron chi connectivity index (χ4n) is 3.59. The molecule has 0 N–H and O–H groups in total. The van der Waals surface area contributed by atoms with Gasteiger partial charge in [0, 0.05) is 43.7 Å². The van der Waals surface area contributed by atoms with Gasteiger partial charge in [-0.2, -0.15) is 5.10 Å². The van der Waals surface area contributed by atoms with Crippen LogP contribution in [0.2, 0.25) is 0 Å². The van der Waals surface area contributed by atoms with Gasteiger partial charge in [-0.05, 0) is 38.7 Å². The summed E-state index contributed by atoms with van der Waals surface area (Å²) in [5.41, 5.74) is 3.47. The first kappa shape index (κ1) is 16.7. The van der Waals surface area contributed by atoms with Crippen molar-refractivity contribution in [3.63, 3.8) is 0 Å². The molecule has 4 rings (SSSR count). The Kier molecular flexibility index (Phi) is 4.60. The Morgan fingerprint density at radius 3 is 2.64 bits per heavy atom. The fraction of sp³-hybridized carbons (Fsp3) is 0.611. The number of piperazine rings is 1. The Morgan fingerprint density at radius 1 is 1.12 bits per heavy atom. The molecule has 0 amide bonds. The molecule has 0 saturated carbocycles. The van der Waals surface area contributed by atoms with Crippen molar-refractivity contribution in [1.29, 1.82) is 0 Å². The van der Waals surface area contributed by atoms with Gasteiger partial charge in [0.05, 0.1) is 17.9 Å². The maximum atomic E-state index is 12.2. The Balaban J connectivity index is 1.33. The summed E-state index contributed by atoms with van der Waals surface area (Å²) < 4.78 is 1.66. The van der Waals surface area contributed by atoms with Crippen LogP contribution < -0.4 is 10.5 Å². The van der Waals surface area contributed by atoms with Crippen molar-refractivity contribution < 1.29 is 0 Å². The van der Waals surface area contributed by atoms with Gasteiger partial charge in [0.1, 0.15) is 0 Å². The van der Waals surface area contributed by atoms with E-state index < -0.39 is 0 Å². The Hall–Kier alpha value is -1.73. The lowest BCUT2D eigenvalue weighted by atomic mass is 10.2. The van der Waals surface area contributed by atoms with E-state index >= 15 is 0 Å². The number of hydrogen-bond donors (Lipinski definition) is 0. The van der Waals surface area contributed by atoms with E-state index in [0.29, 0.717) is 6.54 Å². The lowest BCUT2D eigenvalue weighted by molar-refractivity contribution is 0.242. The Bertz CT molecular complexity index is 800. The Labute approximate surface area is 152 Å². The normalized spacial score (nSPS) is 17.9. The van der Waals surface area contributed by atoms with E-state index in [9.17, 15) is 4.79 Å². The molecule has 1 fully saturated rings. The maximum absolute atomic E-state index is 12.2. The third kappa shape index (κ3) is 3.48. The van der Waals surface area contributed by atoms with Crippen LogP contribution in [0, 0.1) is 13.8 Å². The highest BCUT2D eigenvalue weighted by molar-refractivity contribution is 7.15. The van der Waals surface area contributed by atoms with Crippen LogP contribution in [0.1, 0.15) is 28.2 Å². The minimum atomic E-state index is 0.0491. The standard InChI is InChI=1S/C18H25N5OS/c1-13-14(2)25-18(19-13)22-9-6-21(7-10-22)8-11-23-17(24)12-15-4-3-5-16(15)20-23/h12H,3-11H2,1-2H3. The summed E-state index contributed by atoms with van der Waals surface area (Å²) >= 11 is 1.79. The van der Waals surface area contributed by atoms with Crippen molar-refractivity contribution in [3.05, 3.63) is 38.2 Å². The second-order valence-corrected chi connectivity index (χ2v) is 8.18. The number of hydrogen-bond acceptors (Lipinski definition) is 6. The number of aryl methyl sites for hydroxylation is 4. The topological polar surface area (TPSA) is 54.3 Å². The van der Waals surface area contributed by atoms with Crippen LogP contribution >= 0.6 is 11.3 Å². The van der Waals surface area contributed by atoms with Gasteiger partial charge in [-0.15, -0.1) is 11.3 Å². The fourth-order valence-corrected chi connectivity index (χ4v) is 4.55. The van der Waals surface area contributed by atoms with Crippen LogP contribution in [0.4, 0.5) is 5.13 Å². The van der Waals surface area contributed by atoms with Crippen LogP contribution in [0.5, 0.6) is 0 Å². The van der Waals surface area contributed by atoms with Crippen molar-refractivity contribution in [3.8, 4) is 0 Å². The van der Waals surface area contributed by atoms with Gasteiger partial charge in [-0.1, -0.05) is 0 Å². The molecular formula is C18H25N5OS. The van der Waals surface area contributed by atoms with Crippen LogP contribution in [-0.2, 0) is 19.4 Å². The zero-order valence-corrected chi connectivity index (χ0v) is 15.8. The SMILES string of the molecule is Cc1nc(N2CCN(CCn3nc4c(cc3=O)CCC4)CC2)sc1C. The second kappa shape index (κ2) is 6.88. The number of thiazole rings is 1. The highest BCUT2D eigenvalue weighted by atomic mass is 32.1. The van der Waals surface area contributed by atoms with Crippen LogP contribution in [0.3, 0.4) is 0 Å². The molecule has 1 aliphatic carbocycles. The zero-order valence-electron chi connectivity index (χ0n) is 15.0. The van der Waals surface area contributed by atoms with E-state index in [1.807, 2.05) is 0 Å². The molecule has 0 bridgehead atoms. The van der Waals surface area contributed by atoms with Crippen molar-refractivity contribution in [2.24, 2.45) is 0 Å². The largest absolute Gasteiger partial charge is 0.346 e. The van der Waals surface area contributed by atoms with Gasteiger partial charge >= 0.3 is 0 Å². The van der Waals surface area contributed by atoms with Gasteiger partial charge < -0.3 is 4.90 Å². The van der Waals surface area contributed by atoms with Crippen molar-refractivity contribution >= 4 is 16.5 Å². The van der Waals surface area contributed by atoms with Crippen molar-refractivity contribution in [1.82, 2.24) is 19.7 Å². The van der Waals surface area contributed by atoms with Gasteiger partial charge in [-0.25, -0.2) is 9.67 Å². The summed E-state index contributed by atoms with van der Waals surface area (Å²) in [6.45, 7) is 9.80. The van der Waals surface area contributed by atoms with Crippen LogP contribution in [0.15, 0.2) is 10.9 Å². The molecule has 1 saturated heterocycles. The molecule has 0 unspecified atom stereocenters. The van der Waals surface area contributed by atoms with E-state index in [1.54, 1.807) is 22.1 Å². The van der Waals surface area contributed by atoms with Crippen molar-refractivity contribution in [2.45, 2.75) is 39.7 Å². The molecule has 2 aromatic rings. The van der Waals surface area contributed by atoms with Gasteiger partial charge in [-0.3, -0.25) is 9.69 Å². The van der Waals surface area contributed by atoms with E-state index in [0.717, 1.165) is 74.1 Å². The molecule has 6 nitrogen and oxygen atoms in total. The monoisotopic (exact) mass is 359 g/mol. The first-order valence-electron chi connectivity index (χ1n) is 9.11. The summed E-state index contributed by atoms with van der Waals surface area (Å²) in [4.78, 5) is 23.0. The summed E-state index contributed by atoms with van der Waals surface area (Å²) in [6.07, 6.45) is 3.15. The number of fused-ring (bicyclic) bond motifs is 1. The molecule has 0 atom stereocenters. The molecule has 3 heterocycles. The molecule has 2 aromatic heterocycles. The molecule has 134 valence electrons. The molecular weight excluding hydrogens is 334 g/mol. The highest BCUT2D eigenvalue weighted by Crippen LogP contribution is 2.25. The average Bonchev–Trinajstić information content (AvgIpc) is 3.19. The smallest absolute Gasteiger partial charge is 0.267 e. The summed E-state index contributed by atoms with van der Waals surface area (Å²) in [7, 11) is 0. The average molecular weight is 359 g/mol. The molecule has 25 heavy (non-hydrogen) atoms. The lowest BCUT2D eigenvalue weighted by Gasteiger charge is -2.34. The lowest BCUT2D eigenvalue weighted by Crippen LogP contribution is -2.47. The predicted octanol–water partition coefficient (Wildman–Crippen LogP) is 1.63. The first-order chi connectivity index (χ1) is 12.1. The quantitative estimate of drug-likeness (QED) is 0.830. The van der Waals surface area contributed by atoms with Gasteiger partial charge in [0.15, 0.2) is 5.13 Å². The van der Waals surface area contributed by atoms with Crippen LogP contribution in [-0.4, -0.2) is 52.4 Å². The second-order valence-electron chi connectivity index (χ2n) is 7.00. The molecule has 0 aromatic carbocycles. The molecule has 0 radical (unpaired) electrons. The highest BCUT2D eigenvalue weighted by Gasteiger charge is 2.20. The predicted molar refractivity (Wildman–Crippen MR) is 101 cm³/mol. The maximum Gasteiger partial charge on any atom is 0.267 e. The van der Waals surface area contributed by atoms with Gasteiger partial charge in [0.2, 0.25) is 0 Å². The van der Waals surface area contributed by atoms with E-state index in [2.05, 4.69) is 33.7 Å². The minimum absolute atomic E-state index is 0.0491. The van der Waals surface area contributed by atoms with Gasteiger partial charge in [0.25, 0.3) is 5.56 Å². The molecule has 7 heteroatoms. The number of aromatic nitrogens is 3. The first-order valence-corrected chi connectivity index (χ1v) is 9.93. The minimum Gasteiger partial charge on any atom is -0.346 e. The molecule has 1 aliphatic heterocycles. The van der Waals surface area contributed by atoms with E-state index in [4.69, 9.17) is 0 Å². The van der Waals surface area contributed by atoms with E-state index in [-0.39, 0.29) is 5.56 Å². The molecule has 2 aliphatic rings.